The first kappa shape index (κ1) is 22.4. The van der Waals surface area contributed by atoms with E-state index in [1.165, 1.54) is 46.5 Å². The van der Waals surface area contributed by atoms with Crippen LogP contribution in [0.15, 0.2) is 51.9 Å². The Morgan fingerprint density at radius 2 is 1.72 bits per heavy atom. The lowest BCUT2D eigenvalue weighted by molar-refractivity contribution is 0.0696. The quantitative estimate of drug-likeness (QED) is 0.567. The molecular weight excluding hydrogens is 464 g/mol. The van der Waals surface area contributed by atoms with E-state index in [0.717, 1.165) is 12.1 Å². The van der Waals surface area contributed by atoms with Gasteiger partial charge in [-0.2, -0.15) is 4.31 Å². The van der Waals surface area contributed by atoms with E-state index in [-0.39, 0.29) is 58.7 Å². The molecule has 1 aromatic heterocycles. The molecule has 4 rings (SSSR count). The van der Waals surface area contributed by atoms with Crippen LogP contribution in [-0.2, 0) is 10.0 Å². The third kappa shape index (κ3) is 4.01. The Hall–Kier alpha value is -2.82. The highest BCUT2D eigenvalue weighted by atomic mass is 35.5. The molecule has 1 aliphatic heterocycles. The highest BCUT2D eigenvalue weighted by Gasteiger charge is 2.33. The molecule has 1 amide bonds. The normalized spacial score (nSPS) is 15.2. The molecule has 1 aliphatic rings. The number of aromatic nitrogens is 1. The molecule has 0 atom stereocenters. The molecule has 2 heterocycles. The van der Waals surface area contributed by atoms with Crippen LogP contribution >= 0.6 is 11.6 Å². The number of sulfonamides is 1. The van der Waals surface area contributed by atoms with Gasteiger partial charge in [-0.25, -0.2) is 17.2 Å². The van der Waals surface area contributed by atoms with Gasteiger partial charge in [0.1, 0.15) is 28.7 Å². The van der Waals surface area contributed by atoms with Crippen molar-refractivity contribution in [3.8, 4) is 11.3 Å². The SMILES string of the molecule is Cc1onc(-c2c(F)cccc2Cl)c1C(=O)N1CCN(S(=O)(=O)c2ccc(F)cc2)CC1. The van der Waals surface area contributed by atoms with E-state index in [2.05, 4.69) is 5.16 Å². The fraction of sp³-hybridized carbons (Fsp3) is 0.238. The van der Waals surface area contributed by atoms with E-state index >= 15 is 0 Å². The molecule has 168 valence electrons. The number of hydrogen-bond acceptors (Lipinski definition) is 5. The molecule has 2 aromatic carbocycles. The molecule has 3 aromatic rings. The van der Waals surface area contributed by atoms with Crippen LogP contribution in [0.2, 0.25) is 5.02 Å². The molecule has 0 radical (unpaired) electrons. The summed E-state index contributed by atoms with van der Waals surface area (Å²) in [5.41, 5.74) is 0.0377. The number of carbonyl (C=O) groups is 1. The lowest BCUT2D eigenvalue weighted by Crippen LogP contribution is -2.50. The average molecular weight is 482 g/mol. The van der Waals surface area contributed by atoms with Gasteiger partial charge in [0.2, 0.25) is 10.0 Å². The van der Waals surface area contributed by atoms with Crippen molar-refractivity contribution in [2.45, 2.75) is 11.8 Å². The maximum absolute atomic E-state index is 14.4. The Balaban J connectivity index is 1.55. The lowest BCUT2D eigenvalue weighted by atomic mass is 10.0. The molecule has 11 heteroatoms. The first-order valence-corrected chi connectivity index (χ1v) is 11.5. The van der Waals surface area contributed by atoms with E-state index < -0.39 is 27.6 Å². The van der Waals surface area contributed by atoms with E-state index in [4.69, 9.17) is 16.1 Å². The van der Waals surface area contributed by atoms with Crippen LogP contribution in [0, 0.1) is 18.6 Å². The van der Waals surface area contributed by atoms with Crippen LogP contribution in [0.5, 0.6) is 0 Å². The second-order valence-electron chi connectivity index (χ2n) is 7.21. The van der Waals surface area contributed by atoms with Crippen molar-refractivity contribution in [3.05, 3.63) is 70.4 Å². The first-order chi connectivity index (χ1) is 15.2. The maximum atomic E-state index is 14.4. The third-order valence-corrected chi connectivity index (χ3v) is 7.48. The van der Waals surface area contributed by atoms with Gasteiger partial charge in [0.05, 0.1) is 15.5 Å². The van der Waals surface area contributed by atoms with Crippen molar-refractivity contribution in [1.82, 2.24) is 14.4 Å². The summed E-state index contributed by atoms with van der Waals surface area (Å²) in [5, 5.41) is 3.93. The maximum Gasteiger partial charge on any atom is 0.259 e. The minimum absolute atomic E-state index is 0.00281. The Morgan fingerprint density at radius 3 is 2.34 bits per heavy atom. The number of halogens is 3. The predicted molar refractivity (Wildman–Crippen MR) is 113 cm³/mol. The number of rotatable bonds is 4. The topological polar surface area (TPSA) is 83.7 Å². The van der Waals surface area contributed by atoms with Crippen LogP contribution < -0.4 is 0 Å². The highest BCUT2D eigenvalue weighted by molar-refractivity contribution is 7.89. The number of benzene rings is 2. The summed E-state index contributed by atoms with van der Waals surface area (Å²) in [6.45, 7) is 1.84. The van der Waals surface area contributed by atoms with Crippen LogP contribution in [-0.4, -0.2) is 54.9 Å². The Labute approximate surface area is 188 Å². The van der Waals surface area contributed by atoms with Crippen molar-refractivity contribution in [2.24, 2.45) is 0 Å². The van der Waals surface area contributed by atoms with Gasteiger partial charge in [-0.3, -0.25) is 4.79 Å². The van der Waals surface area contributed by atoms with Gasteiger partial charge in [0.15, 0.2) is 0 Å². The fourth-order valence-electron chi connectivity index (χ4n) is 3.56. The largest absolute Gasteiger partial charge is 0.360 e. The van der Waals surface area contributed by atoms with Gasteiger partial charge < -0.3 is 9.42 Å². The minimum atomic E-state index is -3.82. The molecule has 32 heavy (non-hydrogen) atoms. The van der Waals surface area contributed by atoms with Crippen LogP contribution in [0.3, 0.4) is 0 Å². The Bertz CT molecular complexity index is 1250. The summed E-state index contributed by atoms with van der Waals surface area (Å²) in [7, 11) is -3.82. The summed E-state index contributed by atoms with van der Waals surface area (Å²) >= 11 is 6.13. The average Bonchev–Trinajstić information content (AvgIpc) is 3.14. The molecular formula is C21H18ClF2N3O4S. The summed E-state index contributed by atoms with van der Waals surface area (Å²) < 4.78 is 59.5. The van der Waals surface area contributed by atoms with Crippen molar-refractivity contribution in [1.29, 1.82) is 0 Å². The minimum Gasteiger partial charge on any atom is -0.360 e. The monoisotopic (exact) mass is 481 g/mol. The van der Waals surface area contributed by atoms with Crippen LogP contribution in [0.4, 0.5) is 8.78 Å². The van der Waals surface area contributed by atoms with Crippen molar-refractivity contribution in [2.75, 3.05) is 26.2 Å². The standard InChI is InChI=1S/C21H18ClF2N3O4S/c1-13-18(20(25-31-13)19-16(22)3-2-4-17(19)24)21(28)26-9-11-27(12-10-26)32(29,30)15-7-5-14(23)6-8-15/h2-8H,9-12H2,1H3. The number of amides is 1. The second-order valence-corrected chi connectivity index (χ2v) is 9.55. The summed E-state index contributed by atoms with van der Waals surface area (Å²) in [5.74, 6) is -1.44. The van der Waals surface area contributed by atoms with Gasteiger partial charge in [0, 0.05) is 26.2 Å². The Kier molecular flexibility index (Phi) is 6.02. The predicted octanol–water partition coefficient (Wildman–Crippen LogP) is 3.73. The zero-order valence-corrected chi connectivity index (χ0v) is 18.5. The van der Waals surface area contributed by atoms with E-state index in [1.54, 1.807) is 0 Å². The van der Waals surface area contributed by atoms with E-state index in [0.29, 0.717) is 0 Å². The Morgan fingerprint density at radius 1 is 1.06 bits per heavy atom. The smallest absolute Gasteiger partial charge is 0.259 e. The van der Waals surface area contributed by atoms with Crippen molar-refractivity contribution < 1.29 is 26.5 Å². The van der Waals surface area contributed by atoms with Gasteiger partial charge in [0.25, 0.3) is 5.91 Å². The number of hydrogen-bond donors (Lipinski definition) is 0. The number of carbonyl (C=O) groups excluding carboxylic acids is 1. The van der Waals surface area contributed by atoms with Gasteiger partial charge in [-0.1, -0.05) is 22.8 Å². The van der Waals surface area contributed by atoms with E-state index in [9.17, 15) is 22.0 Å². The van der Waals surface area contributed by atoms with E-state index in [1.807, 2.05) is 0 Å². The zero-order chi connectivity index (χ0) is 23.0. The first-order valence-electron chi connectivity index (χ1n) is 9.66. The molecule has 0 unspecified atom stereocenters. The van der Waals surface area contributed by atoms with Crippen molar-refractivity contribution in [3.63, 3.8) is 0 Å². The van der Waals surface area contributed by atoms with Crippen molar-refractivity contribution >= 4 is 27.5 Å². The molecule has 1 saturated heterocycles. The molecule has 0 saturated carbocycles. The number of piperazine rings is 1. The second kappa shape index (κ2) is 8.61. The summed E-state index contributed by atoms with van der Waals surface area (Å²) in [6.07, 6.45) is 0. The molecule has 7 nitrogen and oxygen atoms in total. The molecule has 0 aliphatic carbocycles. The van der Waals surface area contributed by atoms with Crippen LogP contribution in [0.25, 0.3) is 11.3 Å². The van der Waals surface area contributed by atoms with Gasteiger partial charge >= 0.3 is 0 Å². The fourth-order valence-corrected chi connectivity index (χ4v) is 5.24. The number of nitrogens with zero attached hydrogens (tertiary/aromatic N) is 3. The molecule has 0 N–H and O–H groups in total. The lowest BCUT2D eigenvalue weighted by Gasteiger charge is -2.34. The molecule has 0 bridgehead atoms. The summed E-state index contributed by atoms with van der Waals surface area (Å²) in [6, 6.07) is 8.69. The molecule has 0 spiro atoms. The zero-order valence-electron chi connectivity index (χ0n) is 16.9. The third-order valence-electron chi connectivity index (χ3n) is 5.25. The number of aryl methyl sites for hydroxylation is 1. The van der Waals surface area contributed by atoms with Crippen LogP contribution in [0.1, 0.15) is 16.1 Å². The highest BCUT2D eigenvalue weighted by Crippen LogP contribution is 2.34. The van der Waals surface area contributed by atoms with Gasteiger partial charge in [-0.05, 0) is 43.3 Å². The summed E-state index contributed by atoms with van der Waals surface area (Å²) in [4.78, 5) is 14.6. The van der Waals surface area contributed by atoms with Gasteiger partial charge in [-0.15, -0.1) is 0 Å². The molecule has 1 fully saturated rings.